The zero-order valence-electron chi connectivity index (χ0n) is 15.0. The molecule has 0 fully saturated rings. The summed E-state index contributed by atoms with van der Waals surface area (Å²) in [6.07, 6.45) is 1.44. The lowest BCUT2D eigenvalue weighted by molar-refractivity contribution is -0.112. The zero-order chi connectivity index (χ0) is 19.4. The fraction of sp³-hybridized carbons (Fsp3) is 0.200. The first-order chi connectivity index (χ1) is 12.3. The van der Waals surface area contributed by atoms with E-state index in [1.807, 2.05) is 39.0 Å². The molecule has 0 saturated heterocycles. The fourth-order valence-electron chi connectivity index (χ4n) is 2.69. The van der Waals surface area contributed by atoms with Crippen LogP contribution in [0.1, 0.15) is 22.3 Å². The Morgan fingerprint density at radius 3 is 2.38 bits per heavy atom. The number of hydrogen-bond donors (Lipinski definition) is 2. The molecule has 0 aliphatic carbocycles. The van der Waals surface area contributed by atoms with E-state index in [1.165, 1.54) is 19.3 Å². The molecule has 26 heavy (non-hydrogen) atoms. The van der Waals surface area contributed by atoms with Gasteiger partial charge >= 0.3 is 0 Å². The highest BCUT2D eigenvalue weighted by atomic mass is 79.9. The van der Waals surface area contributed by atoms with E-state index in [9.17, 15) is 15.2 Å². The number of nitrogens with one attached hydrogen (secondary N) is 1. The van der Waals surface area contributed by atoms with Crippen LogP contribution < -0.4 is 10.1 Å². The zero-order valence-corrected chi connectivity index (χ0v) is 16.6. The molecule has 0 aliphatic heterocycles. The van der Waals surface area contributed by atoms with E-state index in [1.54, 1.807) is 6.07 Å². The SMILES string of the molecule is COc1cc(C=C(C#N)C(=O)Nc2c(C)cc(C)cc2C)c(Br)cc1O. The van der Waals surface area contributed by atoms with Crippen LogP contribution in [-0.2, 0) is 4.79 Å². The number of phenolic OH excluding ortho intramolecular Hbond substituents is 1. The second-order valence-corrected chi connectivity index (χ2v) is 6.80. The predicted octanol–water partition coefficient (Wildman–Crippen LogP) is 4.63. The number of carbonyl (C=O) groups excluding carboxylic acids is 1. The van der Waals surface area contributed by atoms with E-state index in [0.717, 1.165) is 16.7 Å². The molecule has 134 valence electrons. The smallest absolute Gasteiger partial charge is 0.266 e. The molecule has 0 heterocycles. The largest absolute Gasteiger partial charge is 0.504 e. The summed E-state index contributed by atoms with van der Waals surface area (Å²) in [5.41, 5.74) is 4.15. The first kappa shape index (κ1) is 19.5. The minimum Gasteiger partial charge on any atom is -0.504 e. The highest BCUT2D eigenvalue weighted by Gasteiger charge is 2.15. The first-order valence-corrected chi connectivity index (χ1v) is 8.63. The lowest BCUT2D eigenvalue weighted by Crippen LogP contribution is -2.15. The molecule has 0 bridgehead atoms. The van der Waals surface area contributed by atoms with Crippen molar-refractivity contribution in [1.82, 2.24) is 0 Å². The van der Waals surface area contributed by atoms with Crippen LogP contribution in [0.5, 0.6) is 11.5 Å². The Labute approximate surface area is 161 Å². The van der Waals surface area contributed by atoms with Gasteiger partial charge in [0.2, 0.25) is 0 Å². The molecule has 5 nitrogen and oxygen atoms in total. The molecule has 2 N–H and O–H groups in total. The molecule has 2 rings (SSSR count). The number of amides is 1. The van der Waals surface area contributed by atoms with Crippen LogP contribution in [0.4, 0.5) is 5.69 Å². The molecule has 6 heteroatoms. The van der Waals surface area contributed by atoms with Gasteiger partial charge in [0.15, 0.2) is 11.5 Å². The Kier molecular flexibility index (Phi) is 6.06. The molecule has 0 saturated carbocycles. The molecule has 0 spiro atoms. The number of carbonyl (C=O) groups is 1. The number of nitrogens with zero attached hydrogens (tertiary/aromatic N) is 1. The van der Waals surface area contributed by atoms with Crippen molar-refractivity contribution in [2.45, 2.75) is 20.8 Å². The number of benzene rings is 2. The van der Waals surface area contributed by atoms with Gasteiger partial charge in [0, 0.05) is 10.2 Å². The minimum absolute atomic E-state index is 0.0367. The van der Waals surface area contributed by atoms with Gasteiger partial charge in [-0.3, -0.25) is 4.79 Å². The van der Waals surface area contributed by atoms with Crippen molar-refractivity contribution in [3.63, 3.8) is 0 Å². The summed E-state index contributed by atoms with van der Waals surface area (Å²) in [5.74, 6) is -0.283. The number of halogens is 1. The summed E-state index contributed by atoms with van der Waals surface area (Å²) in [5, 5.41) is 22.0. The van der Waals surface area contributed by atoms with Crippen LogP contribution in [0.3, 0.4) is 0 Å². The standard InChI is InChI=1S/C20H19BrN2O3/c1-11-5-12(2)19(13(3)6-11)23-20(25)15(10-22)7-14-8-18(26-4)17(24)9-16(14)21/h5-9,24H,1-4H3,(H,23,25). The normalized spacial score (nSPS) is 11.0. The maximum atomic E-state index is 12.6. The summed E-state index contributed by atoms with van der Waals surface area (Å²) in [4.78, 5) is 12.6. The van der Waals surface area contributed by atoms with Gasteiger partial charge in [-0.1, -0.05) is 33.6 Å². The van der Waals surface area contributed by atoms with Crippen molar-refractivity contribution >= 4 is 33.6 Å². The summed E-state index contributed by atoms with van der Waals surface area (Å²) in [6, 6.07) is 8.87. The first-order valence-electron chi connectivity index (χ1n) is 7.84. The minimum atomic E-state index is -0.499. The van der Waals surface area contributed by atoms with Crippen molar-refractivity contribution in [3.8, 4) is 17.6 Å². The molecule has 0 unspecified atom stereocenters. The third kappa shape index (κ3) is 4.24. The Hall–Kier alpha value is -2.78. The number of aryl methyl sites for hydroxylation is 3. The Morgan fingerprint density at radius 2 is 1.85 bits per heavy atom. The van der Waals surface area contributed by atoms with Crippen molar-refractivity contribution in [1.29, 1.82) is 5.26 Å². The lowest BCUT2D eigenvalue weighted by Gasteiger charge is -2.12. The number of methoxy groups -OCH3 is 1. The number of hydrogen-bond acceptors (Lipinski definition) is 4. The maximum Gasteiger partial charge on any atom is 0.266 e. The number of ether oxygens (including phenoxy) is 1. The average molecular weight is 415 g/mol. The van der Waals surface area contributed by atoms with Gasteiger partial charge in [0.25, 0.3) is 5.91 Å². The van der Waals surface area contributed by atoms with Gasteiger partial charge < -0.3 is 15.2 Å². The Balaban J connectivity index is 2.39. The molecule has 2 aromatic rings. The van der Waals surface area contributed by atoms with Crippen molar-refractivity contribution in [3.05, 3.63) is 56.6 Å². The summed E-state index contributed by atoms with van der Waals surface area (Å²) < 4.78 is 5.61. The number of rotatable bonds is 4. The van der Waals surface area contributed by atoms with Crippen LogP contribution in [0.15, 0.2) is 34.3 Å². The van der Waals surface area contributed by atoms with E-state index in [2.05, 4.69) is 21.2 Å². The van der Waals surface area contributed by atoms with Gasteiger partial charge in [-0.15, -0.1) is 0 Å². The van der Waals surface area contributed by atoms with Gasteiger partial charge in [0.05, 0.1) is 7.11 Å². The molecule has 0 aliphatic rings. The highest BCUT2D eigenvalue weighted by Crippen LogP contribution is 2.33. The van der Waals surface area contributed by atoms with Gasteiger partial charge in [-0.2, -0.15) is 5.26 Å². The van der Waals surface area contributed by atoms with E-state index in [-0.39, 0.29) is 17.1 Å². The second-order valence-electron chi connectivity index (χ2n) is 5.94. The Morgan fingerprint density at radius 1 is 1.23 bits per heavy atom. The fourth-order valence-corrected chi connectivity index (χ4v) is 3.14. The summed E-state index contributed by atoms with van der Waals surface area (Å²) in [6.45, 7) is 5.81. The summed E-state index contributed by atoms with van der Waals surface area (Å²) >= 11 is 3.31. The van der Waals surface area contributed by atoms with Crippen LogP contribution >= 0.6 is 15.9 Å². The van der Waals surface area contributed by atoms with E-state index >= 15 is 0 Å². The maximum absolute atomic E-state index is 12.6. The predicted molar refractivity (Wildman–Crippen MR) is 105 cm³/mol. The number of aromatic hydroxyl groups is 1. The van der Waals surface area contributed by atoms with E-state index in [0.29, 0.717) is 15.7 Å². The lowest BCUT2D eigenvalue weighted by atomic mass is 10.0. The molecular formula is C20H19BrN2O3. The van der Waals surface area contributed by atoms with E-state index < -0.39 is 5.91 Å². The molecule has 0 radical (unpaired) electrons. The molecular weight excluding hydrogens is 396 g/mol. The van der Waals surface area contributed by atoms with Crippen LogP contribution in [0, 0.1) is 32.1 Å². The van der Waals surface area contributed by atoms with Crippen LogP contribution in [0.2, 0.25) is 0 Å². The molecule has 2 aromatic carbocycles. The molecule has 1 amide bonds. The number of phenols is 1. The van der Waals surface area contributed by atoms with Gasteiger partial charge in [-0.25, -0.2) is 0 Å². The van der Waals surface area contributed by atoms with Gasteiger partial charge in [-0.05, 0) is 55.7 Å². The monoisotopic (exact) mass is 414 g/mol. The van der Waals surface area contributed by atoms with E-state index in [4.69, 9.17) is 4.74 Å². The van der Waals surface area contributed by atoms with Crippen LogP contribution in [-0.4, -0.2) is 18.1 Å². The third-order valence-corrected chi connectivity index (χ3v) is 4.57. The molecule has 0 atom stereocenters. The van der Waals surface area contributed by atoms with Crippen molar-refractivity contribution in [2.75, 3.05) is 12.4 Å². The van der Waals surface area contributed by atoms with Crippen molar-refractivity contribution in [2.24, 2.45) is 0 Å². The topological polar surface area (TPSA) is 82.3 Å². The van der Waals surface area contributed by atoms with Gasteiger partial charge in [0.1, 0.15) is 11.6 Å². The number of anilines is 1. The third-order valence-electron chi connectivity index (χ3n) is 3.88. The second kappa shape index (κ2) is 8.07. The molecule has 0 aromatic heterocycles. The Bertz CT molecular complexity index is 920. The van der Waals surface area contributed by atoms with Crippen molar-refractivity contribution < 1.29 is 14.6 Å². The quantitative estimate of drug-likeness (QED) is 0.563. The summed E-state index contributed by atoms with van der Waals surface area (Å²) in [7, 11) is 1.43. The van der Waals surface area contributed by atoms with Crippen LogP contribution in [0.25, 0.3) is 6.08 Å². The number of nitriles is 1. The highest BCUT2D eigenvalue weighted by molar-refractivity contribution is 9.10. The average Bonchev–Trinajstić information content (AvgIpc) is 2.57.